The van der Waals surface area contributed by atoms with Gasteiger partial charge in [0.15, 0.2) is 4.80 Å². The molecule has 0 N–H and O–H groups in total. The average Bonchev–Trinajstić information content (AvgIpc) is 3.02. The first-order valence-electron chi connectivity index (χ1n) is 9.01. The van der Waals surface area contributed by atoms with Crippen LogP contribution in [-0.2, 0) is 16.1 Å². The van der Waals surface area contributed by atoms with Crippen molar-refractivity contribution in [3.05, 3.63) is 58.4 Å². The third-order valence-corrected chi connectivity index (χ3v) is 5.37. The van der Waals surface area contributed by atoms with Crippen LogP contribution >= 0.6 is 11.3 Å². The van der Waals surface area contributed by atoms with E-state index in [-0.39, 0.29) is 18.3 Å². The molecule has 6 nitrogen and oxygen atoms in total. The summed E-state index contributed by atoms with van der Waals surface area (Å²) in [6.07, 6.45) is 0.197. The van der Waals surface area contributed by atoms with E-state index in [4.69, 9.17) is 9.47 Å². The van der Waals surface area contributed by atoms with Crippen molar-refractivity contribution in [1.82, 2.24) is 4.57 Å². The van der Waals surface area contributed by atoms with Gasteiger partial charge in [0.05, 0.1) is 30.4 Å². The van der Waals surface area contributed by atoms with Gasteiger partial charge in [0.25, 0.3) is 5.91 Å². The number of carbonyl (C=O) groups is 2. The molecule has 0 aliphatic heterocycles. The molecule has 0 saturated carbocycles. The molecule has 0 radical (unpaired) electrons. The summed E-state index contributed by atoms with van der Waals surface area (Å²) in [5.41, 5.74) is 2.30. The van der Waals surface area contributed by atoms with Crippen molar-refractivity contribution in [2.75, 3.05) is 13.7 Å². The first kappa shape index (κ1) is 19.8. The molecular weight excluding hydrogens is 376 g/mol. The Kier molecular flexibility index (Phi) is 6.26. The predicted molar refractivity (Wildman–Crippen MR) is 109 cm³/mol. The summed E-state index contributed by atoms with van der Waals surface area (Å²) in [6.45, 7) is 4.36. The van der Waals surface area contributed by atoms with Crippen molar-refractivity contribution >= 4 is 33.4 Å². The molecule has 2 aromatic carbocycles. The molecule has 0 fully saturated rings. The Hall–Kier alpha value is -2.93. The minimum absolute atomic E-state index is 0.197. The van der Waals surface area contributed by atoms with Gasteiger partial charge in [0.2, 0.25) is 0 Å². The van der Waals surface area contributed by atoms with Crippen LogP contribution in [0.25, 0.3) is 10.2 Å². The minimum atomic E-state index is -0.304. The largest absolute Gasteiger partial charge is 0.497 e. The summed E-state index contributed by atoms with van der Waals surface area (Å²) in [5, 5.41) is 0. The lowest BCUT2D eigenvalue weighted by Gasteiger charge is -2.06. The number of carbonyl (C=O) groups excluding carboxylic acids is 2. The molecule has 28 heavy (non-hydrogen) atoms. The van der Waals surface area contributed by atoms with Gasteiger partial charge in [-0.3, -0.25) is 9.59 Å². The maximum atomic E-state index is 12.7. The van der Waals surface area contributed by atoms with E-state index in [1.54, 1.807) is 20.1 Å². The molecule has 0 bridgehead atoms. The van der Waals surface area contributed by atoms with Crippen LogP contribution < -0.4 is 9.54 Å². The highest BCUT2D eigenvalue weighted by Gasteiger charge is 2.13. The van der Waals surface area contributed by atoms with Gasteiger partial charge < -0.3 is 14.0 Å². The van der Waals surface area contributed by atoms with Crippen molar-refractivity contribution in [2.24, 2.45) is 4.99 Å². The van der Waals surface area contributed by atoms with E-state index in [9.17, 15) is 9.59 Å². The number of ether oxygens (including phenoxy) is 2. The highest BCUT2D eigenvalue weighted by molar-refractivity contribution is 7.16. The van der Waals surface area contributed by atoms with Crippen LogP contribution in [0.4, 0.5) is 0 Å². The monoisotopic (exact) mass is 398 g/mol. The van der Waals surface area contributed by atoms with Crippen LogP contribution in [-0.4, -0.2) is 30.2 Å². The number of fused-ring (bicyclic) bond motifs is 1. The molecule has 7 heteroatoms. The third-order valence-electron chi connectivity index (χ3n) is 4.31. The molecule has 3 aromatic rings. The van der Waals surface area contributed by atoms with Crippen molar-refractivity contribution in [2.45, 2.75) is 26.8 Å². The van der Waals surface area contributed by atoms with Gasteiger partial charge in [-0.1, -0.05) is 29.5 Å². The number of hydrogen-bond acceptors (Lipinski definition) is 5. The second kappa shape index (κ2) is 8.84. The zero-order valence-electron chi connectivity index (χ0n) is 16.1. The molecule has 0 unspecified atom stereocenters. The van der Waals surface area contributed by atoms with E-state index in [1.807, 2.05) is 47.9 Å². The number of hydrogen-bond donors (Lipinski definition) is 0. The van der Waals surface area contributed by atoms with Crippen LogP contribution in [0.5, 0.6) is 5.75 Å². The van der Waals surface area contributed by atoms with Crippen molar-refractivity contribution in [3.63, 3.8) is 0 Å². The maximum Gasteiger partial charge on any atom is 0.307 e. The molecule has 1 amide bonds. The highest BCUT2D eigenvalue weighted by Crippen LogP contribution is 2.23. The number of aromatic nitrogens is 1. The number of rotatable bonds is 6. The molecule has 0 spiro atoms. The number of nitrogens with zero attached hydrogens (tertiary/aromatic N) is 2. The van der Waals surface area contributed by atoms with Crippen LogP contribution in [0.1, 0.15) is 29.3 Å². The Labute approximate surface area is 167 Å². The van der Waals surface area contributed by atoms with Crippen LogP contribution in [0.2, 0.25) is 0 Å². The first-order chi connectivity index (χ1) is 13.5. The maximum absolute atomic E-state index is 12.7. The summed E-state index contributed by atoms with van der Waals surface area (Å²) in [5.74, 6) is 0.113. The molecule has 0 saturated heterocycles. The highest BCUT2D eigenvalue weighted by atomic mass is 32.1. The molecule has 1 heterocycles. The molecule has 0 aliphatic rings. The quantitative estimate of drug-likeness (QED) is 0.594. The van der Waals surface area contributed by atoms with Crippen LogP contribution in [0.3, 0.4) is 0 Å². The van der Waals surface area contributed by atoms with Crippen molar-refractivity contribution in [3.8, 4) is 5.75 Å². The lowest BCUT2D eigenvalue weighted by Crippen LogP contribution is -2.19. The van der Waals surface area contributed by atoms with Gasteiger partial charge in [-0.05, 0) is 37.6 Å². The van der Waals surface area contributed by atoms with Gasteiger partial charge >= 0.3 is 5.97 Å². The topological polar surface area (TPSA) is 69.9 Å². The van der Waals surface area contributed by atoms with Gasteiger partial charge in [0.1, 0.15) is 5.75 Å². The lowest BCUT2D eigenvalue weighted by molar-refractivity contribution is -0.143. The Bertz CT molecular complexity index is 1080. The van der Waals surface area contributed by atoms with E-state index in [0.29, 0.717) is 29.3 Å². The van der Waals surface area contributed by atoms with Crippen LogP contribution in [0.15, 0.2) is 47.5 Å². The lowest BCUT2D eigenvalue weighted by atomic mass is 10.1. The van der Waals surface area contributed by atoms with E-state index >= 15 is 0 Å². The smallest absolute Gasteiger partial charge is 0.307 e. The molecule has 146 valence electrons. The number of benzene rings is 2. The zero-order valence-corrected chi connectivity index (χ0v) is 16.9. The van der Waals surface area contributed by atoms with Crippen molar-refractivity contribution < 1.29 is 19.1 Å². The predicted octanol–water partition coefficient (Wildman–Crippen LogP) is 3.71. The average molecular weight is 398 g/mol. The summed E-state index contributed by atoms with van der Waals surface area (Å²) in [7, 11) is 1.60. The standard InChI is InChI=1S/C21H22N2O4S/c1-4-27-19(24)11-12-23-17-13-15(26-3)9-10-18(17)28-21(23)22-20(25)16-8-6-5-7-14(16)2/h5-10,13H,4,11-12H2,1-3H3. The Morgan fingerprint density at radius 2 is 1.96 bits per heavy atom. The van der Waals surface area contributed by atoms with E-state index in [2.05, 4.69) is 4.99 Å². The normalized spacial score (nSPS) is 11.6. The number of methoxy groups -OCH3 is 1. The number of esters is 1. The Morgan fingerprint density at radius 1 is 1.18 bits per heavy atom. The fourth-order valence-electron chi connectivity index (χ4n) is 2.87. The third kappa shape index (κ3) is 4.31. The fraction of sp³-hybridized carbons (Fsp3) is 0.286. The van der Waals surface area contributed by atoms with Gasteiger partial charge in [0, 0.05) is 18.2 Å². The van der Waals surface area contributed by atoms with Crippen LogP contribution in [0, 0.1) is 6.92 Å². The van der Waals surface area contributed by atoms with Gasteiger partial charge in [-0.2, -0.15) is 4.99 Å². The summed E-state index contributed by atoms with van der Waals surface area (Å²) in [6, 6.07) is 13.0. The van der Waals surface area contributed by atoms with Crippen molar-refractivity contribution in [1.29, 1.82) is 0 Å². The number of aryl methyl sites for hydroxylation is 2. The Balaban J connectivity index is 2.07. The fourth-order valence-corrected chi connectivity index (χ4v) is 3.91. The van der Waals surface area contributed by atoms with Gasteiger partial charge in [-0.25, -0.2) is 0 Å². The minimum Gasteiger partial charge on any atom is -0.497 e. The second-order valence-electron chi connectivity index (χ2n) is 6.16. The first-order valence-corrected chi connectivity index (χ1v) is 9.82. The second-order valence-corrected chi connectivity index (χ2v) is 7.17. The summed E-state index contributed by atoms with van der Waals surface area (Å²) in [4.78, 5) is 29.5. The number of thiazole rings is 1. The molecule has 0 aliphatic carbocycles. The summed E-state index contributed by atoms with van der Waals surface area (Å²) >= 11 is 1.40. The number of amides is 1. The van der Waals surface area contributed by atoms with E-state index < -0.39 is 0 Å². The molecule has 0 atom stereocenters. The molecule has 1 aromatic heterocycles. The SMILES string of the molecule is CCOC(=O)CCn1c(=NC(=O)c2ccccc2C)sc2ccc(OC)cc21. The van der Waals surface area contributed by atoms with E-state index in [1.165, 1.54) is 11.3 Å². The molecular formula is C21H22N2O4S. The van der Waals surface area contributed by atoms with Gasteiger partial charge in [-0.15, -0.1) is 0 Å². The zero-order chi connectivity index (χ0) is 20.1. The van der Waals surface area contributed by atoms with E-state index in [0.717, 1.165) is 15.8 Å². The Morgan fingerprint density at radius 3 is 2.68 bits per heavy atom. The molecule has 3 rings (SSSR count). The summed E-state index contributed by atoms with van der Waals surface area (Å²) < 4.78 is 13.2.